The quantitative estimate of drug-likeness (QED) is 0.910. The van der Waals surface area contributed by atoms with Crippen LogP contribution in [0.4, 0.5) is 0 Å². The topological polar surface area (TPSA) is 94.3 Å². The molecule has 3 rings (SSSR count). The van der Waals surface area contributed by atoms with Gasteiger partial charge in [-0.1, -0.05) is 0 Å². The minimum atomic E-state index is -0.351. The minimum absolute atomic E-state index is 0.137. The molecule has 3 heterocycles. The molecule has 0 aromatic carbocycles. The van der Waals surface area contributed by atoms with Crippen LogP contribution in [-0.2, 0) is 4.74 Å². The maximum atomic E-state index is 12.5. The van der Waals surface area contributed by atoms with Crippen LogP contribution in [0.5, 0.6) is 0 Å². The Morgan fingerprint density at radius 2 is 2.15 bits per heavy atom. The zero-order valence-corrected chi connectivity index (χ0v) is 15.3. The molecule has 1 aliphatic rings. The summed E-state index contributed by atoms with van der Waals surface area (Å²) in [5, 5.41) is 7.45. The normalized spacial score (nSPS) is 16.9. The lowest BCUT2D eigenvalue weighted by molar-refractivity contribution is 0.0913. The Bertz CT molecular complexity index is 848. The second-order valence-electron chi connectivity index (χ2n) is 6.98. The van der Waals surface area contributed by atoms with E-state index in [0.29, 0.717) is 29.4 Å². The van der Waals surface area contributed by atoms with Crippen LogP contribution in [0.15, 0.2) is 41.6 Å². The van der Waals surface area contributed by atoms with E-state index in [0.717, 1.165) is 0 Å². The lowest BCUT2D eigenvalue weighted by atomic mass is 10.1. The van der Waals surface area contributed by atoms with Gasteiger partial charge in [-0.05, 0) is 39.3 Å². The van der Waals surface area contributed by atoms with E-state index < -0.39 is 0 Å². The fourth-order valence-electron chi connectivity index (χ4n) is 2.58. The smallest absolute Gasteiger partial charge is 0.272 e. The summed E-state index contributed by atoms with van der Waals surface area (Å²) in [7, 11) is 1.58. The number of aliphatic imine (C=N–C) groups is 1. The summed E-state index contributed by atoms with van der Waals surface area (Å²) in [5.41, 5.74) is 1.33. The van der Waals surface area contributed by atoms with Crippen molar-refractivity contribution in [2.24, 2.45) is 4.99 Å². The standard InChI is InChI=1S/C18H22N6O2/c1-18(2,3)22-17(25)13-9-15(14-11-19-7-8-20-14)24(23-13)12-5-6-16(26-4)21-10-12/h6-12H,5H2,1-4H3,(H,22,25). The molecule has 0 aliphatic carbocycles. The van der Waals surface area contributed by atoms with E-state index in [1.165, 1.54) is 0 Å². The summed E-state index contributed by atoms with van der Waals surface area (Å²) < 4.78 is 6.89. The Morgan fingerprint density at radius 3 is 2.73 bits per heavy atom. The predicted molar refractivity (Wildman–Crippen MR) is 97.7 cm³/mol. The zero-order valence-electron chi connectivity index (χ0n) is 15.3. The van der Waals surface area contributed by atoms with Crippen molar-refractivity contribution in [3.05, 3.63) is 42.3 Å². The fourth-order valence-corrected chi connectivity index (χ4v) is 2.58. The molecule has 0 fully saturated rings. The molecule has 2 aromatic heterocycles. The van der Waals surface area contributed by atoms with Crippen LogP contribution in [0.3, 0.4) is 0 Å². The maximum Gasteiger partial charge on any atom is 0.272 e. The van der Waals surface area contributed by atoms with Gasteiger partial charge in [0.05, 0.1) is 25.0 Å². The summed E-state index contributed by atoms with van der Waals surface area (Å²) in [4.78, 5) is 25.3. The van der Waals surface area contributed by atoms with E-state index in [2.05, 4.69) is 25.4 Å². The van der Waals surface area contributed by atoms with Gasteiger partial charge < -0.3 is 10.1 Å². The molecular formula is C18H22N6O2. The van der Waals surface area contributed by atoms with Crippen molar-refractivity contribution < 1.29 is 9.53 Å². The van der Waals surface area contributed by atoms with Crippen molar-refractivity contribution in [2.45, 2.75) is 38.8 Å². The number of aromatic nitrogens is 4. The highest BCUT2D eigenvalue weighted by Crippen LogP contribution is 2.25. The number of carbonyl (C=O) groups excluding carboxylic acids is 1. The van der Waals surface area contributed by atoms with Crippen LogP contribution in [0, 0.1) is 0 Å². The first kappa shape index (κ1) is 17.8. The molecule has 1 N–H and O–H groups in total. The summed E-state index contributed by atoms with van der Waals surface area (Å²) >= 11 is 0. The van der Waals surface area contributed by atoms with Crippen LogP contribution in [0.25, 0.3) is 11.4 Å². The molecule has 0 saturated carbocycles. The highest BCUT2D eigenvalue weighted by molar-refractivity contribution is 5.93. The van der Waals surface area contributed by atoms with Gasteiger partial charge in [0.1, 0.15) is 5.69 Å². The van der Waals surface area contributed by atoms with E-state index in [1.807, 2.05) is 26.8 Å². The van der Waals surface area contributed by atoms with Crippen LogP contribution < -0.4 is 5.32 Å². The average Bonchev–Trinajstić information content (AvgIpc) is 3.07. The number of nitrogens with zero attached hydrogens (tertiary/aromatic N) is 5. The van der Waals surface area contributed by atoms with Gasteiger partial charge in [0.2, 0.25) is 5.88 Å². The molecule has 1 amide bonds. The van der Waals surface area contributed by atoms with Crippen molar-refractivity contribution in [1.82, 2.24) is 25.1 Å². The molecule has 26 heavy (non-hydrogen) atoms. The average molecular weight is 354 g/mol. The molecule has 1 atom stereocenters. The first-order valence-corrected chi connectivity index (χ1v) is 8.34. The number of allylic oxidation sites excluding steroid dienone is 1. The Labute approximate surface area is 152 Å². The fraction of sp³-hybridized carbons (Fsp3) is 0.389. The van der Waals surface area contributed by atoms with Crippen LogP contribution in [0.1, 0.15) is 43.7 Å². The molecule has 1 aliphatic heterocycles. The Kier molecular flexibility index (Phi) is 4.83. The molecule has 0 saturated heterocycles. The number of hydrogen-bond donors (Lipinski definition) is 1. The van der Waals surface area contributed by atoms with Crippen molar-refractivity contribution in [3.8, 4) is 11.4 Å². The molecule has 8 nitrogen and oxygen atoms in total. The molecule has 1 unspecified atom stereocenters. The second kappa shape index (κ2) is 7.07. The highest BCUT2D eigenvalue weighted by Gasteiger charge is 2.24. The lowest BCUT2D eigenvalue weighted by Crippen LogP contribution is -2.40. The summed E-state index contributed by atoms with van der Waals surface area (Å²) in [5.74, 6) is 0.336. The number of methoxy groups -OCH3 is 1. The lowest BCUT2D eigenvalue weighted by Gasteiger charge is -2.19. The van der Waals surface area contributed by atoms with E-state index in [1.54, 1.807) is 42.7 Å². The van der Waals surface area contributed by atoms with Crippen molar-refractivity contribution in [1.29, 1.82) is 0 Å². The van der Waals surface area contributed by atoms with Crippen LogP contribution in [0.2, 0.25) is 0 Å². The van der Waals surface area contributed by atoms with Gasteiger partial charge in [0, 0.05) is 24.1 Å². The van der Waals surface area contributed by atoms with Gasteiger partial charge in [-0.25, -0.2) is 4.99 Å². The molecule has 0 radical (unpaired) electrons. The number of rotatable bonds is 4. The highest BCUT2D eigenvalue weighted by atomic mass is 16.5. The predicted octanol–water partition coefficient (Wildman–Crippen LogP) is 2.37. The van der Waals surface area contributed by atoms with Crippen LogP contribution >= 0.6 is 0 Å². The summed E-state index contributed by atoms with van der Waals surface area (Å²) in [6, 6.07) is 1.59. The van der Waals surface area contributed by atoms with Crippen LogP contribution in [-0.4, -0.2) is 44.5 Å². The first-order chi connectivity index (χ1) is 12.4. The largest absolute Gasteiger partial charge is 0.481 e. The zero-order chi connectivity index (χ0) is 18.7. The number of nitrogens with one attached hydrogen (secondary N) is 1. The van der Waals surface area contributed by atoms with E-state index in [4.69, 9.17) is 4.74 Å². The van der Waals surface area contributed by atoms with E-state index in [9.17, 15) is 4.79 Å². The Morgan fingerprint density at radius 1 is 1.35 bits per heavy atom. The number of hydrogen-bond acceptors (Lipinski definition) is 6. The molecular weight excluding hydrogens is 332 g/mol. The third kappa shape index (κ3) is 3.96. The number of carbonyl (C=O) groups is 1. The molecule has 2 aromatic rings. The van der Waals surface area contributed by atoms with E-state index in [-0.39, 0.29) is 17.5 Å². The van der Waals surface area contributed by atoms with Gasteiger partial charge >= 0.3 is 0 Å². The van der Waals surface area contributed by atoms with Gasteiger partial charge in [-0.2, -0.15) is 5.10 Å². The van der Waals surface area contributed by atoms with Gasteiger partial charge in [-0.3, -0.25) is 19.4 Å². The second-order valence-corrected chi connectivity index (χ2v) is 6.98. The number of amides is 1. The molecule has 0 bridgehead atoms. The van der Waals surface area contributed by atoms with Crippen molar-refractivity contribution >= 4 is 12.1 Å². The van der Waals surface area contributed by atoms with Crippen molar-refractivity contribution in [2.75, 3.05) is 7.11 Å². The number of ether oxygens (including phenoxy) is 1. The third-order valence-corrected chi connectivity index (χ3v) is 3.71. The van der Waals surface area contributed by atoms with Crippen molar-refractivity contribution in [3.63, 3.8) is 0 Å². The Balaban J connectivity index is 1.98. The summed E-state index contributed by atoms with van der Waals surface area (Å²) in [6.07, 6.45) is 9.17. The molecule has 136 valence electrons. The van der Waals surface area contributed by atoms with E-state index >= 15 is 0 Å². The molecule has 0 spiro atoms. The SMILES string of the molecule is COC1=CCC(n2nc(C(=O)NC(C)(C)C)cc2-c2cnccn2)C=N1. The van der Waals surface area contributed by atoms with Gasteiger partial charge in [0.15, 0.2) is 5.69 Å². The third-order valence-electron chi connectivity index (χ3n) is 3.71. The maximum absolute atomic E-state index is 12.5. The monoisotopic (exact) mass is 354 g/mol. The first-order valence-electron chi connectivity index (χ1n) is 8.34. The summed E-state index contributed by atoms with van der Waals surface area (Å²) in [6.45, 7) is 5.78. The minimum Gasteiger partial charge on any atom is -0.481 e. The van der Waals surface area contributed by atoms with Gasteiger partial charge in [-0.15, -0.1) is 0 Å². The molecule has 8 heteroatoms. The Hall–Kier alpha value is -3.03. The van der Waals surface area contributed by atoms with Gasteiger partial charge in [0.25, 0.3) is 5.91 Å².